The Kier molecular flexibility index (Phi) is 6.03. The molecule has 0 spiro atoms. The van der Waals surface area contributed by atoms with Gasteiger partial charge in [-0.05, 0) is 26.7 Å². The van der Waals surface area contributed by atoms with E-state index in [2.05, 4.69) is 0 Å². The summed E-state index contributed by atoms with van der Waals surface area (Å²) < 4.78 is 65.6. The van der Waals surface area contributed by atoms with Crippen molar-refractivity contribution in [2.45, 2.75) is 58.2 Å². The Labute approximate surface area is 116 Å². The SMILES string of the molecule is CC[C@H](C)[C@H](NS(=O)(=O)C(F)(F)F)C(=O)OC(C)(C)C. The molecule has 20 heavy (non-hydrogen) atoms. The molecule has 0 saturated carbocycles. The van der Waals surface area contributed by atoms with Gasteiger partial charge in [-0.15, -0.1) is 0 Å². The quantitative estimate of drug-likeness (QED) is 0.788. The average molecular weight is 319 g/mol. The average Bonchev–Trinajstić information content (AvgIpc) is 2.20. The van der Waals surface area contributed by atoms with Gasteiger partial charge in [0.25, 0.3) is 0 Å². The summed E-state index contributed by atoms with van der Waals surface area (Å²) in [7, 11) is -5.60. The number of ether oxygens (including phenoxy) is 1. The van der Waals surface area contributed by atoms with E-state index in [1.165, 1.54) is 32.4 Å². The van der Waals surface area contributed by atoms with Crippen molar-refractivity contribution < 1.29 is 31.1 Å². The number of carbonyl (C=O) groups excluding carboxylic acids is 1. The Balaban J connectivity index is 5.26. The lowest BCUT2D eigenvalue weighted by molar-refractivity contribution is -0.158. The van der Waals surface area contributed by atoms with Gasteiger partial charge in [-0.2, -0.15) is 17.9 Å². The van der Waals surface area contributed by atoms with Crippen LogP contribution in [-0.2, 0) is 19.6 Å². The second kappa shape index (κ2) is 6.30. The first kappa shape index (κ1) is 19.2. The molecule has 120 valence electrons. The van der Waals surface area contributed by atoms with Crippen LogP contribution in [0.25, 0.3) is 0 Å². The van der Waals surface area contributed by atoms with Crippen molar-refractivity contribution in [1.29, 1.82) is 0 Å². The van der Waals surface area contributed by atoms with Gasteiger partial charge in [0.1, 0.15) is 11.6 Å². The molecule has 1 N–H and O–H groups in total. The van der Waals surface area contributed by atoms with Gasteiger partial charge in [0.2, 0.25) is 0 Å². The molecule has 9 heteroatoms. The maximum Gasteiger partial charge on any atom is 0.511 e. The number of alkyl halides is 3. The zero-order chi connectivity index (χ0) is 16.4. The van der Waals surface area contributed by atoms with E-state index in [1.807, 2.05) is 0 Å². The highest BCUT2D eigenvalue weighted by molar-refractivity contribution is 7.90. The molecule has 5 nitrogen and oxygen atoms in total. The van der Waals surface area contributed by atoms with Crippen LogP contribution < -0.4 is 4.72 Å². The lowest BCUT2D eigenvalue weighted by Crippen LogP contribution is -2.51. The second-order valence-corrected chi connectivity index (χ2v) is 7.17. The number of nitrogens with one attached hydrogen (secondary N) is 1. The number of hydrogen-bond acceptors (Lipinski definition) is 4. The van der Waals surface area contributed by atoms with Gasteiger partial charge in [-0.1, -0.05) is 20.3 Å². The number of halogens is 3. The molecular formula is C11H20F3NO4S. The summed E-state index contributed by atoms with van der Waals surface area (Å²) >= 11 is 0. The van der Waals surface area contributed by atoms with Crippen molar-refractivity contribution >= 4 is 16.0 Å². The van der Waals surface area contributed by atoms with E-state index in [0.29, 0.717) is 6.42 Å². The van der Waals surface area contributed by atoms with Crippen LogP contribution in [0.5, 0.6) is 0 Å². The fourth-order valence-corrected chi connectivity index (χ4v) is 2.03. The molecular weight excluding hydrogens is 299 g/mol. The topological polar surface area (TPSA) is 72.5 Å². The minimum atomic E-state index is -5.60. The standard InChI is InChI=1S/C11H20F3NO4S/c1-6-7(2)8(9(16)19-10(3,4)5)15-20(17,18)11(12,13)14/h7-8,15H,6H2,1-5H3/t7-,8-/m0/s1. The highest BCUT2D eigenvalue weighted by Crippen LogP contribution is 2.24. The molecule has 0 amide bonds. The van der Waals surface area contributed by atoms with Crippen molar-refractivity contribution in [3.63, 3.8) is 0 Å². The van der Waals surface area contributed by atoms with Gasteiger partial charge in [0.15, 0.2) is 0 Å². The highest BCUT2D eigenvalue weighted by Gasteiger charge is 2.48. The fourth-order valence-electron chi connectivity index (χ4n) is 1.23. The predicted molar refractivity (Wildman–Crippen MR) is 67.2 cm³/mol. The lowest BCUT2D eigenvalue weighted by Gasteiger charge is -2.27. The molecule has 0 aliphatic heterocycles. The van der Waals surface area contributed by atoms with Crippen molar-refractivity contribution in [2.75, 3.05) is 0 Å². The molecule has 2 atom stereocenters. The number of rotatable bonds is 5. The molecule has 0 aromatic carbocycles. The van der Waals surface area contributed by atoms with E-state index in [9.17, 15) is 26.4 Å². The molecule has 0 rings (SSSR count). The van der Waals surface area contributed by atoms with Crippen LogP contribution in [-0.4, -0.2) is 31.5 Å². The zero-order valence-corrected chi connectivity index (χ0v) is 12.9. The molecule has 0 radical (unpaired) electrons. The van der Waals surface area contributed by atoms with Gasteiger partial charge in [-0.3, -0.25) is 4.79 Å². The van der Waals surface area contributed by atoms with Gasteiger partial charge in [0.05, 0.1) is 0 Å². The van der Waals surface area contributed by atoms with E-state index in [0.717, 1.165) is 0 Å². The Bertz CT molecular complexity index is 440. The second-order valence-electron chi connectivity index (χ2n) is 5.46. The molecule has 0 aromatic heterocycles. The predicted octanol–water partition coefficient (Wildman–Crippen LogP) is 2.18. The molecule has 0 aliphatic rings. The summed E-state index contributed by atoms with van der Waals surface area (Å²) in [6.07, 6.45) is 0.310. The number of sulfonamides is 1. The first-order chi connectivity index (χ1) is 8.71. The summed E-state index contributed by atoms with van der Waals surface area (Å²) in [4.78, 5) is 11.8. The first-order valence-corrected chi connectivity index (χ1v) is 7.51. The molecule has 0 aliphatic carbocycles. The summed E-state index contributed by atoms with van der Waals surface area (Å²) in [5, 5.41) is 0. The van der Waals surface area contributed by atoms with Crippen LogP contribution in [0.3, 0.4) is 0 Å². The third-order valence-corrected chi connectivity index (χ3v) is 3.63. The number of hydrogen-bond donors (Lipinski definition) is 1. The van der Waals surface area contributed by atoms with E-state index in [1.54, 1.807) is 6.92 Å². The Morgan fingerprint density at radius 2 is 1.70 bits per heavy atom. The Hall–Kier alpha value is -0.830. The molecule has 0 bridgehead atoms. The van der Waals surface area contributed by atoms with Crippen LogP contribution in [0.15, 0.2) is 0 Å². The van der Waals surface area contributed by atoms with Crippen LogP contribution in [0.4, 0.5) is 13.2 Å². The summed E-state index contributed by atoms with van der Waals surface area (Å²) in [5.41, 5.74) is -6.40. The minimum Gasteiger partial charge on any atom is -0.459 e. The molecule has 0 heterocycles. The highest BCUT2D eigenvalue weighted by atomic mass is 32.2. The first-order valence-electron chi connectivity index (χ1n) is 6.02. The van der Waals surface area contributed by atoms with E-state index in [4.69, 9.17) is 4.74 Å². The lowest BCUT2D eigenvalue weighted by atomic mass is 10.00. The number of carbonyl (C=O) groups is 1. The summed E-state index contributed by atoms with van der Waals surface area (Å²) in [6, 6.07) is -1.58. The maximum absolute atomic E-state index is 12.4. The van der Waals surface area contributed by atoms with Gasteiger partial charge < -0.3 is 4.74 Å². The van der Waals surface area contributed by atoms with Gasteiger partial charge >= 0.3 is 21.5 Å². The fraction of sp³-hybridized carbons (Fsp3) is 0.909. The van der Waals surface area contributed by atoms with Crippen LogP contribution >= 0.6 is 0 Å². The van der Waals surface area contributed by atoms with Crippen molar-refractivity contribution in [3.8, 4) is 0 Å². The van der Waals surface area contributed by atoms with Crippen LogP contribution in [0.1, 0.15) is 41.0 Å². The molecule has 0 saturated heterocycles. The smallest absolute Gasteiger partial charge is 0.459 e. The van der Waals surface area contributed by atoms with E-state index < -0.39 is 39.1 Å². The maximum atomic E-state index is 12.4. The van der Waals surface area contributed by atoms with Crippen LogP contribution in [0.2, 0.25) is 0 Å². The third kappa shape index (κ3) is 5.66. The molecule has 0 fully saturated rings. The normalized spacial score (nSPS) is 16.6. The van der Waals surface area contributed by atoms with E-state index in [-0.39, 0.29) is 0 Å². The van der Waals surface area contributed by atoms with Crippen LogP contribution in [0, 0.1) is 5.92 Å². The van der Waals surface area contributed by atoms with Crippen molar-refractivity contribution in [2.24, 2.45) is 5.92 Å². The van der Waals surface area contributed by atoms with Crippen molar-refractivity contribution in [3.05, 3.63) is 0 Å². The van der Waals surface area contributed by atoms with Crippen molar-refractivity contribution in [1.82, 2.24) is 4.72 Å². The Morgan fingerprint density at radius 3 is 2.00 bits per heavy atom. The summed E-state index contributed by atoms with van der Waals surface area (Å²) in [6.45, 7) is 7.71. The largest absolute Gasteiger partial charge is 0.511 e. The van der Waals surface area contributed by atoms with E-state index >= 15 is 0 Å². The number of esters is 1. The van der Waals surface area contributed by atoms with Gasteiger partial charge in [-0.25, -0.2) is 8.42 Å². The molecule has 0 aromatic rings. The Morgan fingerprint density at radius 1 is 1.25 bits per heavy atom. The molecule has 0 unspecified atom stereocenters. The van der Waals surface area contributed by atoms with Gasteiger partial charge in [0, 0.05) is 0 Å². The summed E-state index contributed by atoms with van der Waals surface area (Å²) in [5.74, 6) is -1.67. The monoisotopic (exact) mass is 319 g/mol. The third-order valence-electron chi connectivity index (χ3n) is 2.46. The zero-order valence-electron chi connectivity index (χ0n) is 12.0. The minimum absolute atomic E-state index is 0.310.